The number of aliphatic hydroxyl groups is 1. The van der Waals surface area contributed by atoms with Crippen molar-refractivity contribution < 1.29 is 46.3 Å². The molecule has 0 amide bonds. The van der Waals surface area contributed by atoms with Crippen LogP contribution in [0.25, 0.3) is 0 Å². The number of hydrogen-bond donors (Lipinski definition) is 3. The quantitative estimate of drug-likeness (QED) is 0.115. The second-order valence-electron chi connectivity index (χ2n) is 16.8. The first-order valence-electron chi connectivity index (χ1n) is 20.2. The summed E-state index contributed by atoms with van der Waals surface area (Å²) in [4.78, 5) is 74.2. The fourth-order valence-electron chi connectivity index (χ4n) is 7.26. The molecule has 62 heavy (non-hydrogen) atoms. The van der Waals surface area contributed by atoms with Crippen molar-refractivity contribution in [2.75, 3.05) is 13.2 Å². The second-order valence-corrected chi connectivity index (χ2v) is 29.0. The van der Waals surface area contributed by atoms with E-state index in [0.717, 1.165) is 11.1 Å². The number of esters is 2. The van der Waals surface area contributed by atoms with E-state index in [1.807, 2.05) is 36.4 Å². The summed E-state index contributed by atoms with van der Waals surface area (Å²) < 4.78 is 46.1. The molecule has 4 aromatic rings. The summed E-state index contributed by atoms with van der Waals surface area (Å²) in [5, 5.41) is 9.17. The van der Waals surface area contributed by atoms with E-state index < -0.39 is 96.7 Å². The second kappa shape index (κ2) is 20.6. The Kier molecular flexibility index (Phi) is 16.0. The molecule has 3 N–H and O–H groups in total. The van der Waals surface area contributed by atoms with Crippen LogP contribution in [0, 0.1) is 0 Å². The van der Waals surface area contributed by atoms with Gasteiger partial charge in [0, 0.05) is 51.2 Å². The Hall–Kier alpha value is -4.85. The predicted octanol–water partition coefficient (Wildman–Crippen LogP) is 3.53. The summed E-state index contributed by atoms with van der Waals surface area (Å²) in [5.74, 6) is -0.957. The van der Waals surface area contributed by atoms with E-state index >= 15 is 0 Å². The van der Waals surface area contributed by atoms with E-state index in [-0.39, 0.29) is 31.6 Å². The lowest BCUT2D eigenvalue weighted by atomic mass is 10.0. The molecule has 2 aliphatic heterocycles. The van der Waals surface area contributed by atoms with Crippen molar-refractivity contribution >= 4 is 37.4 Å². The third kappa shape index (κ3) is 13.1. The Bertz CT molecular complexity index is 2310. The molecule has 21 heteroatoms. The molecular weight excluding hydrogens is 857 g/mol. The van der Waals surface area contributed by atoms with Crippen molar-refractivity contribution in [3.05, 3.63) is 138 Å². The van der Waals surface area contributed by atoms with Crippen molar-refractivity contribution in [1.29, 1.82) is 0 Å². The standard InChI is InChI=1S/C30H42N2O8Si3.C11H14N2O6/c1-22(33)37-25-20-28(32-19-18-27(34)31-30(32)35)38-26(25)21-36-43(39-41(2,3)4,40-42(5,6)7)29(23-14-10-8-11-15-23)24-16-12-9-13-17-24;1-6(15)18-7-4-10(19-8(7)5-14)13-3-2-9(16)12-11(13)17/h8-19,25-26,28-29H,20-21H2,1-7H3,(H,31,34,35);2-3,7-8,10,14H,4-5H2,1H3,(H,12,16,17)/t25?,26-,28-;7?,8-,10-/m11/s1. The average molecular weight is 913 g/mol. The fourth-order valence-corrected chi connectivity index (χ4v) is 17.8. The molecule has 0 aliphatic carbocycles. The number of rotatable bonds is 15. The Labute approximate surface area is 361 Å². The first-order valence-corrected chi connectivity index (χ1v) is 28.8. The molecule has 2 unspecified atom stereocenters. The lowest BCUT2D eigenvalue weighted by Crippen LogP contribution is -2.61. The van der Waals surface area contributed by atoms with Gasteiger partial charge in [-0.25, -0.2) is 9.59 Å². The van der Waals surface area contributed by atoms with Gasteiger partial charge in [0.25, 0.3) is 11.1 Å². The van der Waals surface area contributed by atoms with Gasteiger partial charge in [-0.1, -0.05) is 60.7 Å². The van der Waals surface area contributed by atoms with Crippen LogP contribution in [-0.2, 0) is 41.2 Å². The Balaban J connectivity index is 0.000000317. The number of benzene rings is 2. The first-order chi connectivity index (χ1) is 29.2. The number of aliphatic hydroxyl groups excluding tert-OH is 1. The van der Waals surface area contributed by atoms with Crippen LogP contribution in [0.3, 0.4) is 0 Å². The molecule has 6 rings (SSSR count). The van der Waals surface area contributed by atoms with Crippen LogP contribution in [-0.4, -0.2) is 99.2 Å². The van der Waals surface area contributed by atoms with Crippen LogP contribution < -0.4 is 22.5 Å². The third-order valence-corrected chi connectivity index (χ3v) is 18.6. The SMILES string of the molecule is CC(=O)OC1C[C@H](n2ccc(=O)[nH]c2=O)O[C@@H]1CO.CC(=O)OC1C[C@H](n2ccc(=O)[nH]c2=O)O[C@@H]1CO[Si](O[Si](C)(C)C)(O[Si](C)(C)C)C(c1ccccc1)c1ccccc1. The number of aromatic nitrogens is 4. The summed E-state index contributed by atoms with van der Waals surface area (Å²) in [6.07, 6.45) is -1.06. The summed E-state index contributed by atoms with van der Waals surface area (Å²) in [6, 6.07) is 22.6. The zero-order valence-electron chi connectivity index (χ0n) is 36.1. The van der Waals surface area contributed by atoms with E-state index in [4.69, 9.17) is 36.7 Å². The highest BCUT2D eigenvalue weighted by Crippen LogP contribution is 2.41. The maximum Gasteiger partial charge on any atom is 0.492 e. The minimum Gasteiger partial charge on any atom is -0.460 e. The summed E-state index contributed by atoms with van der Waals surface area (Å²) >= 11 is 0. The van der Waals surface area contributed by atoms with E-state index in [9.17, 15) is 28.8 Å². The topological polar surface area (TPSA) is 229 Å². The highest BCUT2D eigenvalue weighted by Gasteiger charge is 2.56. The molecule has 2 aromatic heterocycles. The largest absolute Gasteiger partial charge is 0.492 e. The maximum absolute atomic E-state index is 12.6. The fraction of sp³-hybridized carbons (Fsp3) is 0.463. The van der Waals surface area contributed by atoms with Crippen LogP contribution in [0.1, 0.15) is 55.8 Å². The molecule has 336 valence electrons. The molecule has 2 saturated heterocycles. The van der Waals surface area contributed by atoms with Crippen LogP contribution in [0.4, 0.5) is 0 Å². The molecule has 0 spiro atoms. The Morgan fingerprint density at radius 1 is 0.677 bits per heavy atom. The summed E-state index contributed by atoms with van der Waals surface area (Å²) in [7, 11) is -8.23. The molecule has 6 atom stereocenters. The smallest absolute Gasteiger partial charge is 0.460 e. The number of carbonyl (C=O) groups excluding carboxylic acids is 2. The molecule has 4 heterocycles. The number of nitrogens with zero attached hydrogens (tertiary/aromatic N) is 2. The number of carbonyl (C=O) groups is 2. The van der Waals surface area contributed by atoms with Crippen LogP contribution in [0.15, 0.2) is 104 Å². The van der Waals surface area contributed by atoms with Crippen molar-refractivity contribution in [3.63, 3.8) is 0 Å². The minimum atomic E-state index is -3.65. The Morgan fingerprint density at radius 3 is 1.45 bits per heavy atom. The molecule has 0 bridgehead atoms. The highest BCUT2D eigenvalue weighted by molar-refractivity contribution is 6.86. The van der Waals surface area contributed by atoms with Gasteiger partial charge in [-0.2, -0.15) is 0 Å². The highest BCUT2D eigenvalue weighted by atomic mass is 28.5. The maximum atomic E-state index is 12.6. The van der Waals surface area contributed by atoms with Gasteiger partial charge in [0.2, 0.25) is 0 Å². The van der Waals surface area contributed by atoms with Crippen molar-refractivity contribution in [2.24, 2.45) is 0 Å². The summed E-state index contributed by atoms with van der Waals surface area (Å²) in [6.45, 7) is 15.0. The van der Waals surface area contributed by atoms with Crippen LogP contribution >= 0.6 is 0 Å². The van der Waals surface area contributed by atoms with E-state index in [0.29, 0.717) is 0 Å². The number of H-pyrrole nitrogens is 2. The number of aromatic amines is 2. The van der Waals surface area contributed by atoms with Gasteiger partial charge >= 0.3 is 32.1 Å². The molecule has 2 fully saturated rings. The molecular formula is C41H56N4O14Si3. The minimum absolute atomic E-state index is 0.00387. The Morgan fingerprint density at radius 2 is 1.08 bits per heavy atom. The molecule has 18 nitrogen and oxygen atoms in total. The lowest BCUT2D eigenvalue weighted by Gasteiger charge is -2.44. The summed E-state index contributed by atoms with van der Waals surface area (Å²) in [5.41, 5.74) is -0.545. The predicted molar refractivity (Wildman–Crippen MR) is 233 cm³/mol. The van der Waals surface area contributed by atoms with E-state index in [2.05, 4.69) is 73.5 Å². The van der Waals surface area contributed by atoms with E-state index in [1.54, 1.807) is 0 Å². The van der Waals surface area contributed by atoms with Gasteiger partial charge in [-0.15, -0.1) is 0 Å². The van der Waals surface area contributed by atoms with Gasteiger partial charge < -0.3 is 36.7 Å². The molecule has 2 aliphatic rings. The lowest BCUT2D eigenvalue weighted by molar-refractivity contribution is -0.151. The van der Waals surface area contributed by atoms with Gasteiger partial charge in [-0.3, -0.25) is 38.3 Å². The first kappa shape index (κ1) is 48.2. The van der Waals surface area contributed by atoms with Crippen LogP contribution in [0.5, 0.6) is 0 Å². The monoisotopic (exact) mass is 912 g/mol. The van der Waals surface area contributed by atoms with Gasteiger partial charge in [0.15, 0.2) is 16.6 Å². The zero-order chi connectivity index (χ0) is 45.4. The van der Waals surface area contributed by atoms with Crippen LogP contribution in [0.2, 0.25) is 39.3 Å². The number of ether oxygens (including phenoxy) is 4. The normalized spacial score (nSPS) is 21.6. The average Bonchev–Trinajstić information content (AvgIpc) is 3.76. The van der Waals surface area contributed by atoms with Gasteiger partial charge in [0.05, 0.1) is 18.8 Å². The third-order valence-electron chi connectivity index (χ3n) is 9.46. The number of nitrogens with one attached hydrogen (secondary N) is 2. The molecule has 2 aromatic carbocycles. The zero-order valence-corrected chi connectivity index (χ0v) is 39.1. The van der Waals surface area contributed by atoms with Gasteiger partial charge in [0.1, 0.15) is 36.9 Å². The molecule has 0 radical (unpaired) electrons. The van der Waals surface area contributed by atoms with E-state index in [1.165, 1.54) is 47.5 Å². The van der Waals surface area contributed by atoms with Crippen molar-refractivity contribution in [2.45, 2.75) is 108 Å². The molecule has 0 saturated carbocycles. The number of hydrogen-bond acceptors (Lipinski definition) is 14. The van der Waals surface area contributed by atoms with Crippen molar-refractivity contribution in [1.82, 2.24) is 19.1 Å². The van der Waals surface area contributed by atoms with Crippen molar-refractivity contribution in [3.8, 4) is 0 Å². The van der Waals surface area contributed by atoms with Gasteiger partial charge in [-0.05, 0) is 50.4 Å².